The first-order chi connectivity index (χ1) is 24.6. The SMILES string of the molecule is C/C=C\c1c(C)ccc2cc(-c3cc(-c4nc(-c5ccccc5)nc(-c5ccccc5)n4)cc(-c4cccc5ncccc45)c3)ccc12.CC. The summed E-state index contributed by atoms with van der Waals surface area (Å²) in [6.07, 6.45) is 6.14. The van der Waals surface area contributed by atoms with Crippen LogP contribution in [0.15, 0.2) is 152 Å². The van der Waals surface area contributed by atoms with Gasteiger partial charge in [0.15, 0.2) is 17.5 Å². The van der Waals surface area contributed by atoms with Gasteiger partial charge in [-0.05, 0) is 94.4 Å². The average molecular weight is 647 g/mol. The molecule has 0 unspecified atom stereocenters. The lowest BCUT2D eigenvalue weighted by Gasteiger charge is -2.14. The Morgan fingerprint density at radius 1 is 0.480 bits per heavy atom. The first kappa shape index (κ1) is 32.3. The lowest BCUT2D eigenvalue weighted by atomic mass is 9.92. The number of hydrogen-bond acceptors (Lipinski definition) is 4. The maximum absolute atomic E-state index is 5.08. The highest BCUT2D eigenvalue weighted by Crippen LogP contribution is 2.37. The van der Waals surface area contributed by atoms with Crippen molar-refractivity contribution in [2.24, 2.45) is 0 Å². The minimum absolute atomic E-state index is 0.621. The standard InChI is InChI=1S/C44H32N4.C2H6/c1-3-12-37-29(2)20-21-33-25-32(22-23-39(33)37)34-26-35(38-17-10-19-41-40(38)18-11-24-45-41)28-36(27-34)44-47-42(30-13-6-4-7-14-30)46-43(48-44)31-15-8-5-9-16-31;1-2/h3-28H,1-2H3;1-2H3/b12-3-;. The predicted octanol–water partition coefficient (Wildman–Crippen LogP) is 12.3. The van der Waals surface area contributed by atoms with Crippen molar-refractivity contribution < 1.29 is 0 Å². The van der Waals surface area contributed by atoms with Crippen molar-refractivity contribution in [1.29, 1.82) is 0 Å². The molecule has 6 aromatic carbocycles. The van der Waals surface area contributed by atoms with Crippen molar-refractivity contribution in [2.75, 3.05) is 0 Å². The molecule has 2 aromatic heterocycles. The van der Waals surface area contributed by atoms with Crippen LogP contribution in [0.5, 0.6) is 0 Å². The third kappa shape index (κ3) is 6.44. The second kappa shape index (κ2) is 14.5. The van der Waals surface area contributed by atoms with Gasteiger partial charge in [0, 0.05) is 28.3 Å². The van der Waals surface area contributed by atoms with E-state index in [0.717, 1.165) is 49.8 Å². The molecule has 0 aliphatic carbocycles. The monoisotopic (exact) mass is 646 g/mol. The lowest BCUT2D eigenvalue weighted by Crippen LogP contribution is -2.00. The second-order valence-electron chi connectivity index (χ2n) is 11.9. The van der Waals surface area contributed by atoms with E-state index in [-0.39, 0.29) is 0 Å². The molecule has 0 amide bonds. The molecule has 50 heavy (non-hydrogen) atoms. The predicted molar refractivity (Wildman–Crippen MR) is 211 cm³/mol. The van der Waals surface area contributed by atoms with Gasteiger partial charge in [0.1, 0.15) is 0 Å². The van der Waals surface area contributed by atoms with Crippen molar-refractivity contribution in [3.05, 3.63) is 163 Å². The number of nitrogens with zero attached hydrogens (tertiary/aromatic N) is 4. The number of hydrogen-bond donors (Lipinski definition) is 0. The van der Waals surface area contributed by atoms with E-state index in [4.69, 9.17) is 15.0 Å². The van der Waals surface area contributed by atoms with Gasteiger partial charge >= 0.3 is 0 Å². The van der Waals surface area contributed by atoms with Gasteiger partial charge in [0.2, 0.25) is 0 Å². The fourth-order valence-corrected chi connectivity index (χ4v) is 6.40. The molecule has 0 atom stereocenters. The van der Waals surface area contributed by atoms with Gasteiger partial charge in [-0.25, -0.2) is 15.0 Å². The Morgan fingerprint density at radius 3 is 1.80 bits per heavy atom. The Labute approximate surface area is 293 Å². The minimum Gasteiger partial charge on any atom is -0.256 e. The number of aromatic nitrogens is 4. The largest absolute Gasteiger partial charge is 0.256 e. The van der Waals surface area contributed by atoms with E-state index in [1.807, 2.05) is 86.8 Å². The molecule has 0 saturated carbocycles. The maximum Gasteiger partial charge on any atom is 0.164 e. The number of fused-ring (bicyclic) bond motifs is 2. The number of aryl methyl sites for hydroxylation is 1. The van der Waals surface area contributed by atoms with E-state index in [0.29, 0.717) is 17.5 Å². The molecule has 0 aliphatic heterocycles. The molecule has 4 nitrogen and oxygen atoms in total. The molecule has 0 saturated heterocycles. The van der Waals surface area contributed by atoms with Crippen LogP contribution in [0.4, 0.5) is 0 Å². The quantitative estimate of drug-likeness (QED) is 0.180. The van der Waals surface area contributed by atoms with E-state index in [1.54, 1.807) is 0 Å². The van der Waals surface area contributed by atoms with E-state index in [1.165, 1.54) is 21.9 Å². The molecule has 2 heterocycles. The third-order valence-corrected chi connectivity index (χ3v) is 8.79. The zero-order chi connectivity index (χ0) is 34.5. The number of allylic oxidation sites excluding steroid dienone is 1. The van der Waals surface area contributed by atoms with E-state index < -0.39 is 0 Å². The Hall–Kier alpha value is -6.26. The highest BCUT2D eigenvalue weighted by Gasteiger charge is 2.16. The van der Waals surface area contributed by atoms with Crippen LogP contribution in [0, 0.1) is 6.92 Å². The van der Waals surface area contributed by atoms with Crippen LogP contribution in [0.3, 0.4) is 0 Å². The summed E-state index contributed by atoms with van der Waals surface area (Å²) in [4.78, 5) is 19.7. The molecule has 0 bridgehead atoms. The minimum atomic E-state index is 0.621. The first-order valence-electron chi connectivity index (χ1n) is 17.2. The van der Waals surface area contributed by atoms with Crippen molar-refractivity contribution in [2.45, 2.75) is 27.7 Å². The van der Waals surface area contributed by atoms with Gasteiger partial charge in [0.05, 0.1) is 5.52 Å². The van der Waals surface area contributed by atoms with Gasteiger partial charge in [-0.2, -0.15) is 0 Å². The van der Waals surface area contributed by atoms with Crippen molar-refractivity contribution in [3.8, 4) is 56.4 Å². The van der Waals surface area contributed by atoms with Crippen LogP contribution in [-0.2, 0) is 0 Å². The summed E-state index contributed by atoms with van der Waals surface area (Å²) in [5.41, 5.74) is 10.7. The van der Waals surface area contributed by atoms with E-state index >= 15 is 0 Å². The zero-order valence-corrected chi connectivity index (χ0v) is 28.8. The topological polar surface area (TPSA) is 51.6 Å². The first-order valence-corrected chi connectivity index (χ1v) is 17.2. The van der Waals surface area contributed by atoms with Gasteiger partial charge in [-0.1, -0.05) is 129 Å². The summed E-state index contributed by atoms with van der Waals surface area (Å²) in [6, 6.07) is 48.5. The van der Waals surface area contributed by atoms with Gasteiger partial charge in [-0.15, -0.1) is 0 Å². The fourth-order valence-electron chi connectivity index (χ4n) is 6.40. The van der Waals surface area contributed by atoms with E-state index in [2.05, 4.69) is 104 Å². The summed E-state index contributed by atoms with van der Waals surface area (Å²) in [7, 11) is 0. The highest BCUT2D eigenvalue weighted by atomic mass is 15.0. The van der Waals surface area contributed by atoms with Crippen LogP contribution >= 0.6 is 0 Å². The van der Waals surface area contributed by atoms with Crippen LogP contribution < -0.4 is 0 Å². The zero-order valence-electron chi connectivity index (χ0n) is 28.8. The third-order valence-electron chi connectivity index (χ3n) is 8.79. The highest BCUT2D eigenvalue weighted by molar-refractivity contribution is 5.98. The lowest BCUT2D eigenvalue weighted by molar-refractivity contribution is 1.07. The van der Waals surface area contributed by atoms with Gasteiger partial charge in [-0.3, -0.25) is 4.98 Å². The molecule has 0 aliphatic rings. The Morgan fingerprint density at radius 2 is 1.12 bits per heavy atom. The molecule has 242 valence electrons. The van der Waals surface area contributed by atoms with Crippen molar-refractivity contribution in [3.63, 3.8) is 0 Å². The second-order valence-corrected chi connectivity index (χ2v) is 11.9. The number of benzene rings is 6. The molecular formula is C46H38N4. The maximum atomic E-state index is 5.08. The summed E-state index contributed by atoms with van der Waals surface area (Å²) in [5.74, 6) is 1.90. The summed E-state index contributed by atoms with van der Waals surface area (Å²) in [6.45, 7) is 8.23. The smallest absolute Gasteiger partial charge is 0.164 e. The van der Waals surface area contributed by atoms with Crippen LogP contribution in [0.1, 0.15) is 31.9 Å². The summed E-state index contributed by atoms with van der Waals surface area (Å²) >= 11 is 0. The van der Waals surface area contributed by atoms with Crippen molar-refractivity contribution >= 4 is 27.8 Å². The molecule has 8 rings (SSSR count). The average Bonchev–Trinajstić information content (AvgIpc) is 3.19. The van der Waals surface area contributed by atoms with Crippen molar-refractivity contribution in [1.82, 2.24) is 19.9 Å². The number of pyridine rings is 1. The Bertz CT molecular complexity index is 2400. The summed E-state index contributed by atoms with van der Waals surface area (Å²) < 4.78 is 0. The Balaban J connectivity index is 0.00000193. The molecule has 0 N–H and O–H groups in total. The molecule has 4 heteroatoms. The molecule has 0 fully saturated rings. The fraction of sp³-hybridized carbons (Fsp3) is 0.0870. The van der Waals surface area contributed by atoms with E-state index in [9.17, 15) is 0 Å². The molecule has 0 spiro atoms. The molecular weight excluding hydrogens is 609 g/mol. The summed E-state index contributed by atoms with van der Waals surface area (Å²) in [5, 5.41) is 3.54. The van der Waals surface area contributed by atoms with Gasteiger partial charge < -0.3 is 0 Å². The normalized spacial score (nSPS) is 11.1. The molecule has 0 radical (unpaired) electrons. The van der Waals surface area contributed by atoms with Gasteiger partial charge in [0.25, 0.3) is 0 Å². The molecule has 8 aromatic rings. The van der Waals surface area contributed by atoms with Crippen LogP contribution in [0.25, 0.3) is 84.2 Å². The van der Waals surface area contributed by atoms with Crippen LogP contribution in [-0.4, -0.2) is 19.9 Å². The van der Waals surface area contributed by atoms with Crippen LogP contribution in [0.2, 0.25) is 0 Å². The number of rotatable bonds is 6. The Kier molecular flexibility index (Phi) is 9.35.